The van der Waals surface area contributed by atoms with E-state index in [1.807, 2.05) is 24.3 Å². The summed E-state index contributed by atoms with van der Waals surface area (Å²) in [5.74, 6) is 2.29. The summed E-state index contributed by atoms with van der Waals surface area (Å²) in [5, 5.41) is 3.58. The maximum Gasteiger partial charge on any atom is 0.0953 e. The predicted molar refractivity (Wildman–Crippen MR) is 92.2 cm³/mol. The van der Waals surface area contributed by atoms with Gasteiger partial charge in [0.1, 0.15) is 0 Å². The lowest BCUT2D eigenvalue weighted by molar-refractivity contribution is 0.615. The van der Waals surface area contributed by atoms with Gasteiger partial charge < -0.3 is 9.88 Å². The largest absolute Gasteiger partial charge is 0.384 e. The molecule has 1 atom stereocenters. The third-order valence-electron chi connectivity index (χ3n) is 4.06. The Hall–Kier alpha value is -1.42. The quantitative estimate of drug-likeness (QED) is 0.896. The highest BCUT2D eigenvalue weighted by Crippen LogP contribution is 2.35. The summed E-state index contributed by atoms with van der Waals surface area (Å²) in [7, 11) is 0. The Morgan fingerprint density at radius 1 is 1.43 bits per heavy atom. The van der Waals surface area contributed by atoms with Crippen molar-refractivity contribution in [1.82, 2.24) is 9.55 Å². The Morgan fingerprint density at radius 2 is 2.33 bits per heavy atom. The number of nitrogens with zero attached hydrogens (tertiary/aromatic N) is 2. The van der Waals surface area contributed by atoms with Crippen molar-refractivity contribution >= 4 is 17.4 Å². The molecule has 2 heterocycles. The van der Waals surface area contributed by atoms with E-state index < -0.39 is 0 Å². The molecule has 1 aliphatic rings. The van der Waals surface area contributed by atoms with E-state index in [0.717, 1.165) is 18.1 Å². The number of anilines is 1. The molecule has 0 saturated heterocycles. The third kappa shape index (κ3) is 2.95. The van der Waals surface area contributed by atoms with Crippen LogP contribution < -0.4 is 5.32 Å². The molecule has 112 valence electrons. The third-order valence-corrected chi connectivity index (χ3v) is 5.18. The number of rotatable bonds is 5. The van der Waals surface area contributed by atoms with E-state index in [9.17, 15) is 0 Å². The zero-order chi connectivity index (χ0) is 14.7. The Bertz CT molecular complexity index is 606. The van der Waals surface area contributed by atoms with Gasteiger partial charge >= 0.3 is 0 Å². The smallest absolute Gasteiger partial charge is 0.0953 e. The molecule has 3 nitrogen and oxygen atoms in total. The lowest BCUT2D eigenvalue weighted by Crippen LogP contribution is -2.14. The number of fused-ring (bicyclic) bond motifs is 1. The van der Waals surface area contributed by atoms with E-state index in [1.54, 1.807) is 0 Å². The minimum Gasteiger partial charge on any atom is -0.384 e. The van der Waals surface area contributed by atoms with Crippen LogP contribution >= 0.6 is 11.8 Å². The molecule has 0 spiro atoms. The predicted octanol–water partition coefficient (Wildman–Crippen LogP) is 4.22. The van der Waals surface area contributed by atoms with Crippen LogP contribution in [0.1, 0.15) is 31.9 Å². The van der Waals surface area contributed by atoms with Crippen molar-refractivity contribution < 1.29 is 0 Å². The molecule has 4 heteroatoms. The number of para-hydroxylation sites is 1. The SMILES string of the molecule is CCSCC(C)n1cncc1-c1cccc2c1NCCC2. The van der Waals surface area contributed by atoms with Crippen LogP contribution in [0.25, 0.3) is 11.3 Å². The zero-order valence-electron chi connectivity index (χ0n) is 12.8. The van der Waals surface area contributed by atoms with Crippen molar-refractivity contribution in [2.45, 2.75) is 32.7 Å². The summed E-state index contributed by atoms with van der Waals surface area (Å²) in [6, 6.07) is 7.09. The van der Waals surface area contributed by atoms with Gasteiger partial charge in [-0.25, -0.2) is 4.98 Å². The Labute approximate surface area is 131 Å². The molecule has 0 saturated carbocycles. The van der Waals surface area contributed by atoms with E-state index >= 15 is 0 Å². The van der Waals surface area contributed by atoms with Crippen LogP contribution in [0.15, 0.2) is 30.7 Å². The van der Waals surface area contributed by atoms with Gasteiger partial charge in [0.25, 0.3) is 0 Å². The van der Waals surface area contributed by atoms with Gasteiger partial charge in [-0.2, -0.15) is 11.8 Å². The van der Waals surface area contributed by atoms with Crippen molar-refractivity contribution in [3.8, 4) is 11.3 Å². The van der Waals surface area contributed by atoms with E-state index in [1.165, 1.54) is 35.3 Å². The van der Waals surface area contributed by atoms with Crippen molar-refractivity contribution in [3.63, 3.8) is 0 Å². The standard InChI is InChI=1S/C17H23N3S/c1-3-21-11-13(2)20-12-18-10-16(20)15-8-4-6-14-7-5-9-19-17(14)15/h4,6,8,10,12-13,19H,3,5,7,9,11H2,1-2H3. The number of aryl methyl sites for hydroxylation is 1. The summed E-state index contributed by atoms with van der Waals surface area (Å²) in [6.45, 7) is 5.56. The first-order valence-corrected chi connectivity index (χ1v) is 8.92. The number of nitrogens with one attached hydrogen (secondary N) is 1. The molecule has 1 unspecified atom stereocenters. The van der Waals surface area contributed by atoms with Crippen molar-refractivity contribution in [1.29, 1.82) is 0 Å². The Balaban J connectivity index is 1.96. The van der Waals surface area contributed by atoms with Crippen LogP contribution in [-0.2, 0) is 6.42 Å². The molecule has 1 aromatic heterocycles. The van der Waals surface area contributed by atoms with Gasteiger partial charge in [-0.05, 0) is 31.1 Å². The molecule has 1 N–H and O–H groups in total. The highest BCUT2D eigenvalue weighted by atomic mass is 32.2. The minimum absolute atomic E-state index is 0.465. The van der Waals surface area contributed by atoms with Gasteiger partial charge in [-0.1, -0.05) is 25.1 Å². The van der Waals surface area contributed by atoms with Crippen molar-refractivity contribution in [2.24, 2.45) is 0 Å². The van der Waals surface area contributed by atoms with Gasteiger partial charge in [0.05, 0.1) is 18.2 Å². The zero-order valence-corrected chi connectivity index (χ0v) is 13.6. The maximum absolute atomic E-state index is 4.40. The van der Waals surface area contributed by atoms with Gasteiger partial charge in [-0.3, -0.25) is 0 Å². The number of benzene rings is 1. The van der Waals surface area contributed by atoms with E-state index in [2.05, 4.69) is 46.9 Å². The molecule has 21 heavy (non-hydrogen) atoms. The van der Waals surface area contributed by atoms with Crippen LogP contribution in [0.4, 0.5) is 5.69 Å². The molecular weight excluding hydrogens is 278 g/mol. The molecule has 3 rings (SSSR count). The van der Waals surface area contributed by atoms with Crippen LogP contribution in [0.3, 0.4) is 0 Å². The molecule has 0 bridgehead atoms. The lowest BCUT2D eigenvalue weighted by Gasteiger charge is -2.23. The molecule has 1 aliphatic heterocycles. The van der Waals surface area contributed by atoms with Crippen LogP contribution in [0.2, 0.25) is 0 Å². The van der Waals surface area contributed by atoms with Crippen molar-refractivity contribution in [3.05, 3.63) is 36.3 Å². The van der Waals surface area contributed by atoms with E-state index in [4.69, 9.17) is 0 Å². The first-order chi connectivity index (χ1) is 10.3. The van der Waals surface area contributed by atoms with Crippen LogP contribution in [0, 0.1) is 0 Å². The summed E-state index contributed by atoms with van der Waals surface area (Å²) >= 11 is 1.98. The summed E-state index contributed by atoms with van der Waals surface area (Å²) < 4.78 is 2.31. The normalized spacial score (nSPS) is 15.3. The van der Waals surface area contributed by atoms with Crippen LogP contribution in [0.5, 0.6) is 0 Å². The Kier molecular flexibility index (Phi) is 4.54. The van der Waals surface area contributed by atoms with Crippen LogP contribution in [-0.4, -0.2) is 27.6 Å². The van der Waals surface area contributed by atoms with E-state index in [0.29, 0.717) is 6.04 Å². The fourth-order valence-corrected chi connectivity index (χ4v) is 3.69. The average molecular weight is 301 g/mol. The second kappa shape index (κ2) is 6.56. The molecular formula is C17H23N3S. The first-order valence-electron chi connectivity index (χ1n) is 7.77. The number of aromatic nitrogens is 2. The molecule has 2 aromatic rings. The summed E-state index contributed by atoms with van der Waals surface area (Å²) in [6.07, 6.45) is 6.36. The number of imidazole rings is 1. The molecule has 0 radical (unpaired) electrons. The fraction of sp³-hybridized carbons (Fsp3) is 0.471. The average Bonchev–Trinajstić information content (AvgIpc) is 3.01. The molecule has 0 aliphatic carbocycles. The number of hydrogen-bond acceptors (Lipinski definition) is 3. The van der Waals surface area contributed by atoms with Gasteiger partial charge in [0.2, 0.25) is 0 Å². The Morgan fingerprint density at radius 3 is 3.19 bits per heavy atom. The molecule has 1 aromatic carbocycles. The lowest BCUT2D eigenvalue weighted by atomic mass is 9.98. The monoisotopic (exact) mass is 301 g/mol. The fourth-order valence-electron chi connectivity index (χ4n) is 2.96. The molecule has 0 fully saturated rings. The molecule has 0 amide bonds. The van der Waals surface area contributed by atoms with E-state index in [-0.39, 0.29) is 0 Å². The number of thioether (sulfide) groups is 1. The second-order valence-electron chi connectivity index (χ2n) is 5.56. The van der Waals surface area contributed by atoms with Crippen molar-refractivity contribution in [2.75, 3.05) is 23.4 Å². The van der Waals surface area contributed by atoms with Gasteiger partial charge in [-0.15, -0.1) is 0 Å². The highest BCUT2D eigenvalue weighted by Gasteiger charge is 2.17. The first kappa shape index (κ1) is 14.5. The summed E-state index contributed by atoms with van der Waals surface area (Å²) in [4.78, 5) is 4.40. The highest BCUT2D eigenvalue weighted by molar-refractivity contribution is 7.99. The minimum atomic E-state index is 0.465. The topological polar surface area (TPSA) is 29.9 Å². The maximum atomic E-state index is 4.40. The summed E-state index contributed by atoms with van der Waals surface area (Å²) in [5.41, 5.74) is 5.26. The number of hydrogen-bond donors (Lipinski definition) is 1. The van der Waals surface area contributed by atoms with Gasteiger partial charge in [0, 0.05) is 29.6 Å². The second-order valence-corrected chi connectivity index (χ2v) is 6.88. The van der Waals surface area contributed by atoms with Gasteiger partial charge in [0.15, 0.2) is 0 Å².